The Balaban J connectivity index is 0.963. The van der Waals surface area contributed by atoms with Gasteiger partial charge in [0.05, 0.1) is 67.0 Å². The molecule has 17 nitrogen and oxygen atoms in total. The number of carbonyl (C=O) groups is 5. The van der Waals surface area contributed by atoms with Gasteiger partial charge in [-0.1, -0.05) is 49.3 Å². The molecule has 5 atom stereocenters. The fourth-order valence-electron chi connectivity index (χ4n) is 8.70. The number of carbonyl (C=O) groups excluding carboxylic acids is 5. The number of nitrogens with two attached hydrogens (primary N) is 1. The molecule has 0 saturated carbocycles. The molecule has 0 spiro atoms. The van der Waals surface area contributed by atoms with Crippen LogP contribution < -0.4 is 35.7 Å². The van der Waals surface area contributed by atoms with E-state index in [2.05, 4.69) is 15.7 Å². The molecule has 5 N–H and O–H groups in total. The van der Waals surface area contributed by atoms with Gasteiger partial charge < -0.3 is 39.2 Å². The second kappa shape index (κ2) is 21.1. The number of nitrogens with zero attached hydrogens (tertiary/aromatic N) is 4. The van der Waals surface area contributed by atoms with Crippen LogP contribution in [0.3, 0.4) is 0 Å². The maximum Gasteiger partial charge on any atom is 0.416 e. The number of ether oxygens (including phenoxy) is 4. The van der Waals surface area contributed by atoms with Crippen LogP contribution in [0.25, 0.3) is 0 Å². The Hall–Kier alpha value is -6.40. The van der Waals surface area contributed by atoms with Gasteiger partial charge in [-0.25, -0.2) is 15.1 Å². The van der Waals surface area contributed by atoms with Crippen LogP contribution in [-0.4, -0.2) is 101 Å². The van der Waals surface area contributed by atoms with Crippen LogP contribution in [0.5, 0.6) is 17.2 Å². The number of hydrazine groups is 1. The van der Waals surface area contributed by atoms with Crippen molar-refractivity contribution in [3.05, 3.63) is 99.9 Å². The van der Waals surface area contributed by atoms with Crippen molar-refractivity contribution in [3.8, 4) is 17.2 Å². The lowest BCUT2D eigenvalue weighted by Gasteiger charge is -2.31. The quantitative estimate of drug-likeness (QED) is 0.0459. The number of Topliss-reactive ketones (excluding diaryl/α,β-unsaturated/α-hetero) is 2. The first-order valence-corrected chi connectivity index (χ1v) is 22.8. The van der Waals surface area contributed by atoms with Gasteiger partial charge >= 0.3 is 6.09 Å². The largest absolute Gasteiger partial charge is 0.493 e. The number of unbranched alkanes of at least 4 members (excludes halogenated alkanes) is 2. The van der Waals surface area contributed by atoms with Crippen LogP contribution in [0.15, 0.2) is 77.1 Å². The maximum absolute atomic E-state index is 14.1. The first-order chi connectivity index (χ1) is 32.1. The van der Waals surface area contributed by atoms with Gasteiger partial charge in [-0.2, -0.15) is 0 Å². The SMILES string of the molecule is COc1cc2c(cc1OCCCCCOc1cc3c(cc1C)C(=O)N1C=C(C)C[C@H]1C=N3)N(C(=O)OCc1ccc(CNC(C)C(=O)C(=O)[C@@H](NN)C(C)C)cc1)[C@H](O)[C@H]1CC(C)=CN1C2=O. The van der Waals surface area contributed by atoms with Crippen molar-refractivity contribution in [2.45, 2.75) is 117 Å². The van der Waals surface area contributed by atoms with E-state index in [0.29, 0.717) is 48.6 Å². The third-order valence-electron chi connectivity index (χ3n) is 12.5. The second-order valence-electron chi connectivity index (χ2n) is 18.0. The minimum atomic E-state index is -1.46. The molecule has 7 rings (SSSR count). The highest BCUT2D eigenvalue weighted by Gasteiger charge is 2.45. The van der Waals surface area contributed by atoms with Crippen molar-refractivity contribution < 1.29 is 48.0 Å². The summed E-state index contributed by atoms with van der Waals surface area (Å²) >= 11 is 0. The van der Waals surface area contributed by atoms with Crippen LogP contribution in [0.1, 0.15) is 104 Å². The van der Waals surface area contributed by atoms with E-state index in [-0.39, 0.29) is 53.8 Å². The molecule has 3 aromatic rings. The smallest absolute Gasteiger partial charge is 0.416 e. The molecule has 0 aliphatic carbocycles. The fraction of sp³-hybridized carbons (Fsp3) is 0.440. The summed E-state index contributed by atoms with van der Waals surface area (Å²) < 4.78 is 23.8. The molecule has 0 fully saturated rings. The minimum Gasteiger partial charge on any atom is -0.493 e. The van der Waals surface area contributed by atoms with Crippen LogP contribution in [-0.2, 0) is 27.5 Å². The maximum atomic E-state index is 14.1. The van der Waals surface area contributed by atoms with E-state index in [4.69, 9.17) is 24.8 Å². The van der Waals surface area contributed by atoms with Gasteiger partial charge in [0, 0.05) is 37.3 Å². The number of rotatable bonds is 19. The molecule has 0 saturated heterocycles. The molecule has 67 heavy (non-hydrogen) atoms. The molecule has 4 aliphatic heterocycles. The summed E-state index contributed by atoms with van der Waals surface area (Å²) in [4.78, 5) is 75.7. The molecule has 0 bridgehead atoms. The first-order valence-electron chi connectivity index (χ1n) is 22.8. The van der Waals surface area contributed by atoms with Crippen molar-refractivity contribution in [3.63, 3.8) is 0 Å². The number of hydrogen-bond acceptors (Lipinski definition) is 14. The van der Waals surface area contributed by atoms with E-state index in [1.165, 1.54) is 24.1 Å². The van der Waals surface area contributed by atoms with Gasteiger partial charge in [0.25, 0.3) is 11.8 Å². The van der Waals surface area contributed by atoms with E-state index >= 15 is 0 Å². The highest BCUT2D eigenvalue weighted by atomic mass is 16.6. The van der Waals surface area contributed by atoms with Crippen molar-refractivity contribution >= 4 is 47.1 Å². The number of aliphatic imine (C=N–C) groups is 1. The number of aryl methyl sites for hydroxylation is 1. The van der Waals surface area contributed by atoms with Crippen molar-refractivity contribution in [2.24, 2.45) is 16.8 Å². The Morgan fingerprint density at radius 2 is 1.48 bits per heavy atom. The average Bonchev–Trinajstić information content (AvgIpc) is 3.85. The predicted octanol–water partition coefficient (Wildman–Crippen LogP) is 6.16. The van der Waals surface area contributed by atoms with Gasteiger partial charge in [0.1, 0.15) is 12.4 Å². The number of methoxy groups -OCH3 is 1. The summed E-state index contributed by atoms with van der Waals surface area (Å²) in [6.07, 6.45) is 6.35. The molecule has 1 unspecified atom stereocenters. The van der Waals surface area contributed by atoms with Crippen molar-refractivity contribution in [2.75, 3.05) is 25.2 Å². The van der Waals surface area contributed by atoms with Gasteiger partial charge in [0.15, 0.2) is 17.7 Å². The third-order valence-corrected chi connectivity index (χ3v) is 12.5. The summed E-state index contributed by atoms with van der Waals surface area (Å²) in [6.45, 7) is 11.9. The number of anilines is 1. The number of aliphatic hydroxyl groups excluding tert-OH is 1. The number of benzene rings is 3. The van der Waals surface area contributed by atoms with E-state index in [1.807, 2.05) is 57.5 Å². The Bertz CT molecular complexity index is 2480. The molecule has 17 heteroatoms. The number of ketones is 2. The molecule has 0 aromatic heterocycles. The highest BCUT2D eigenvalue weighted by Crippen LogP contribution is 2.42. The number of fused-ring (bicyclic) bond motifs is 4. The monoisotopic (exact) mass is 919 g/mol. The summed E-state index contributed by atoms with van der Waals surface area (Å²) in [5, 5.41) is 14.9. The molecule has 356 valence electrons. The summed E-state index contributed by atoms with van der Waals surface area (Å²) in [7, 11) is 1.47. The molecule has 0 radical (unpaired) electrons. The lowest BCUT2D eigenvalue weighted by atomic mass is 9.95. The summed E-state index contributed by atoms with van der Waals surface area (Å²) in [5.74, 6) is 4.96. The van der Waals surface area contributed by atoms with Crippen LogP contribution in [0, 0.1) is 12.8 Å². The van der Waals surface area contributed by atoms with Crippen LogP contribution in [0.4, 0.5) is 16.2 Å². The summed E-state index contributed by atoms with van der Waals surface area (Å²) in [5.41, 5.74) is 8.17. The molecular weight excluding hydrogens is 859 g/mol. The average molecular weight is 920 g/mol. The molecule has 4 aliphatic rings. The van der Waals surface area contributed by atoms with E-state index < -0.39 is 47.9 Å². The highest BCUT2D eigenvalue weighted by molar-refractivity contribution is 6.41. The lowest BCUT2D eigenvalue weighted by molar-refractivity contribution is -0.139. The summed E-state index contributed by atoms with van der Waals surface area (Å²) in [6, 6.07) is 11.6. The Kier molecular flexibility index (Phi) is 15.2. The van der Waals surface area contributed by atoms with Crippen LogP contribution >= 0.6 is 0 Å². The number of nitrogens with one attached hydrogen (secondary N) is 2. The minimum absolute atomic E-state index is 0.0667. The normalized spacial score (nSPS) is 19.4. The zero-order valence-electron chi connectivity index (χ0n) is 39.2. The van der Waals surface area contributed by atoms with E-state index in [1.54, 1.807) is 44.0 Å². The molecular formula is C50H61N7O10. The Morgan fingerprint density at radius 3 is 2.16 bits per heavy atom. The van der Waals surface area contributed by atoms with E-state index in [9.17, 15) is 29.1 Å². The fourth-order valence-corrected chi connectivity index (χ4v) is 8.70. The standard InChI is InChI=1S/C50H61N7O10/c1-28(2)44(54-51)46(59)45(58)32(6)52-23-33-11-13-34(14-12-33)27-67-50(63)57-39-22-43(42(64-7)20-37(39)48(61)56-26-30(4)18-40(56)49(57)62)66-16-10-8-9-15-65-41-21-38-36(19-31(41)5)47(60)55-25-29(3)17-35(55)24-53-38/h11-14,19-22,24-26,28,32,35,40,44,49,52,54,62H,8-10,15-18,23,27,51H2,1-7H3/t32?,35-,40+,44-,49+/m0/s1. The number of hydrogen-bond donors (Lipinski definition) is 4. The zero-order valence-corrected chi connectivity index (χ0v) is 39.2. The predicted molar refractivity (Wildman–Crippen MR) is 251 cm³/mol. The van der Waals surface area contributed by atoms with Gasteiger partial charge in [-0.3, -0.25) is 30.0 Å². The van der Waals surface area contributed by atoms with Crippen LogP contribution in [0.2, 0.25) is 0 Å². The van der Waals surface area contributed by atoms with Gasteiger partial charge in [0.2, 0.25) is 11.6 Å². The first kappa shape index (κ1) is 48.5. The van der Waals surface area contributed by atoms with Gasteiger partial charge in [-0.15, -0.1) is 0 Å². The van der Waals surface area contributed by atoms with Crippen molar-refractivity contribution in [1.82, 2.24) is 20.5 Å². The topological polar surface area (TPSA) is 215 Å². The molecule has 3 amide bonds. The van der Waals surface area contributed by atoms with E-state index in [0.717, 1.165) is 46.4 Å². The van der Waals surface area contributed by atoms with Gasteiger partial charge in [-0.05, 0) is 94.5 Å². The van der Waals surface area contributed by atoms with Crippen molar-refractivity contribution in [1.29, 1.82) is 0 Å². The molecule has 3 aromatic carbocycles. The number of amides is 3. The lowest BCUT2D eigenvalue weighted by Crippen LogP contribution is -2.51. The second-order valence-corrected chi connectivity index (χ2v) is 18.0. The third kappa shape index (κ3) is 10.6. The zero-order chi connectivity index (χ0) is 48.1. The number of aliphatic hydroxyl groups is 1. The Morgan fingerprint density at radius 1 is 0.821 bits per heavy atom. The molecule has 4 heterocycles. The Labute approximate surface area is 390 Å².